The number of methoxy groups -OCH3 is 1. The van der Waals surface area contributed by atoms with Crippen molar-refractivity contribution in [3.63, 3.8) is 0 Å². The van der Waals surface area contributed by atoms with Gasteiger partial charge in [-0.25, -0.2) is 18.1 Å². The molecule has 10 heteroatoms. The second-order valence-electron chi connectivity index (χ2n) is 6.40. The summed E-state index contributed by atoms with van der Waals surface area (Å²) in [6.45, 7) is 2.89. The Morgan fingerprint density at radius 1 is 1.17 bits per heavy atom. The van der Waals surface area contributed by atoms with Crippen LogP contribution in [0.5, 0.6) is 5.75 Å². The number of ether oxygens (including phenoxy) is 2. The minimum absolute atomic E-state index is 0.0639. The number of hydrogen-bond acceptors (Lipinski definition) is 7. The standard InChI is InChI=1S/C19H24N4O5S/c1-27-16-3-5-17(6-4-16)29(25,26)22-14-19(24)21-13-15-2-7-18(20-12-15)23-8-10-28-11-9-23/h2-7,12,22H,8-11,13-14H2,1H3,(H,21,24). The lowest BCUT2D eigenvalue weighted by Gasteiger charge is -2.27. The number of morpholine rings is 1. The minimum Gasteiger partial charge on any atom is -0.497 e. The van der Waals surface area contributed by atoms with Gasteiger partial charge in [-0.3, -0.25) is 4.79 Å². The fraction of sp³-hybridized carbons (Fsp3) is 0.368. The van der Waals surface area contributed by atoms with Gasteiger partial charge in [0, 0.05) is 25.8 Å². The van der Waals surface area contributed by atoms with Crippen LogP contribution in [0.1, 0.15) is 5.56 Å². The Balaban J connectivity index is 1.46. The van der Waals surface area contributed by atoms with E-state index in [4.69, 9.17) is 9.47 Å². The molecule has 1 fully saturated rings. The van der Waals surface area contributed by atoms with Gasteiger partial charge in [-0.1, -0.05) is 6.07 Å². The smallest absolute Gasteiger partial charge is 0.241 e. The van der Waals surface area contributed by atoms with Crippen molar-refractivity contribution < 1.29 is 22.7 Å². The molecule has 0 spiro atoms. The van der Waals surface area contributed by atoms with Crippen LogP contribution >= 0.6 is 0 Å². The quantitative estimate of drug-likeness (QED) is 0.641. The molecule has 0 aliphatic carbocycles. The van der Waals surface area contributed by atoms with Crippen LogP contribution < -0.4 is 19.7 Å². The maximum Gasteiger partial charge on any atom is 0.241 e. The molecular weight excluding hydrogens is 396 g/mol. The Labute approximate surface area is 170 Å². The summed E-state index contributed by atoms with van der Waals surface area (Å²) in [6, 6.07) is 9.71. The van der Waals surface area contributed by atoms with E-state index in [9.17, 15) is 13.2 Å². The van der Waals surface area contributed by atoms with Crippen molar-refractivity contribution in [1.82, 2.24) is 15.0 Å². The average molecular weight is 420 g/mol. The summed E-state index contributed by atoms with van der Waals surface area (Å²) in [5.41, 5.74) is 0.827. The number of carbonyl (C=O) groups excluding carboxylic acids is 1. The Morgan fingerprint density at radius 3 is 2.52 bits per heavy atom. The van der Waals surface area contributed by atoms with Gasteiger partial charge in [0.05, 0.1) is 31.8 Å². The summed E-state index contributed by atoms with van der Waals surface area (Å²) in [5.74, 6) is 0.991. The van der Waals surface area contributed by atoms with Crippen LogP contribution in [0.25, 0.3) is 0 Å². The van der Waals surface area contributed by atoms with Gasteiger partial charge < -0.3 is 19.7 Å². The van der Waals surface area contributed by atoms with Crippen LogP contribution in [0.15, 0.2) is 47.5 Å². The van der Waals surface area contributed by atoms with E-state index in [0.717, 1.165) is 24.5 Å². The molecule has 2 N–H and O–H groups in total. The Hall–Kier alpha value is -2.69. The third-order valence-corrected chi connectivity index (χ3v) is 5.84. The van der Waals surface area contributed by atoms with Crippen molar-refractivity contribution in [2.24, 2.45) is 0 Å². The van der Waals surface area contributed by atoms with Gasteiger partial charge in [0.1, 0.15) is 11.6 Å². The molecular formula is C19H24N4O5S. The second-order valence-corrected chi connectivity index (χ2v) is 8.17. The van der Waals surface area contributed by atoms with Crippen LogP contribution in [0.2, 0.25) is 0 Å². The molecule has 1 aliphatic rings. The number of rotatable bonds is 8. The van der Waals surface area contributed by atoms with E-state index >= 15 is 0 Å². The first-order valence-electron chi connectivity index (χ1n) is 9.16. The normalized spacial score (nSPS) is 14.4. The van der Waals surface area contributed by atoms with Gasteiger partial charge in [-0.15, -0.1) is 0 Å². The highest BCUT2D eigenvalue weighted by Crippen LogP contribution is 2.15. The van der Waals surface area contributed by atoms with Crippen molar-refractivity contribution in [1.29, 1.82) is 0 Å². The van der Waals surface area contributed by atoms with Crippen LogP contribution in [0, 0.1) is 0 Å². The molecule has 1 aromatic heterocycles. The lowest BCUT2D eigenvalue weighted by Crippen LogP contribution is -2.37. The number of anilines is 1. The summed E-state index contributed by atoms with van der Waals surface area (Å²) < 4.78 is 37.1. The topological polar surface area (TPSA) is 110 Å². The predicted octanol–water partition coefficient (Wildman–Crippen LogP) is 0.522. The molecule has 0 bridgehead atoms. The Kier molecular flexibility index (Phi) is 7.02. The number of hydrogen-bond donors (Lipinski definition) is 2. The molecule has 1 amide bonds. The van der Waals surface area contributed by atoms with Gasteiger partial charge in [0.2, 0.25) is 15.9 Å². The van der Waals surface area contributed by atoms with Gasteiger partial charge in [-0.2, -0.15) is 0 Å². The molecule has 1 saturated heterocycles. The summed E-state index contributed by atoms with van der Waals surface area (Å²) in [4.78, 5) is 18.6. The highest BCUT2D eigenvalue weighted by atomic mass is 32.2. The number of nitrogens with zero attached hydrogens (tertiary/aromatic N) is 2. The summed E-state index contributed by atoms with van der Waals surface area (Å²) in [7, 11) is -2.28. The summed E-state index contributed by atoms with van der Waals surface area (Å²) in [5, 5.41) is 2.68. The first-order chi connectivity index (χ1) is 14.0. The fourth-order valence-electron chi connectivity index (χ4n) is 2.76. The average Bonchev–Trinajstić information content (AvgIpc) is 2.77. The lowest BCUT2D eigenvalue weighted by atomic mass is 10.2. The third-order valence-electron chi connectivity index (χ3n) is 4.43. The molecule has 0 atom stereocenters. The van der Waals surface area contributed by atoms with Gasteiger partial charge in [-0.05, 0) is 35.9 Å². The van der Waals surface area contributed by atoms with Crippen molar-refractivity contribution >= 4 is 21.7 Å². The van der Waals surface area contributed by atoms with E-state index in [-0.39, 0.29) is 18.0 Å². The minimum atomic E-state index is -3.78. The Morgan fingerprint density at radius 2 is 1.90 bits per heavy atom. The third kappa shape index (κ3) is 5.89. The SMILES string of the molecule is COc1ccc(S(=O)(=O)NCC(=O)NCc2ccc(N3CCOCC3)nc2)cc1. The van der Waals surface area contributed by atoms with Crippen LogP contribution in [0.4, 0.5) is 5.82 Å². The molecule has 2 aromatic rings. The first-order valence-corrected chi connectivity index (χ1v) is 10.6. The molecule has 1 aromatic carbocycles. The van der Waals surface area contributed by atoms with E-state index < -0.39 is 15.9 Å². The fourth-order valence-corrected chi connectivity index (χ4v) is 3.74. The zero-order chi connectivity index (χ0) is 20.7. The Bertz CT molecular complexity index is 911. The number of sulfonamides is 1. The first kappa shape index (κ1) is 21.0. The van der Waals surface area contributed by atoms with Gasteiger partial charge >= 0.3 is 0 Å². The summed E-state index contributed by atoms with van der Waals surface area (Å²) >= 11 is 0. The number of nitrogens with one attached hydrogen (secondary N) is 2. The number of benzene rings is 1. The highest BCUT2D eigenvalue weighted by Gasteiger charge is 2.16. The van der Waals surface area contributed by atoms with E-state index in [2.05, 4.69) is 19.9 Å². The molecule has 0 saturated carbocycles. The van der Waals surface area contributed by atoms with Crippen molar-refractivity contribution in [2.45, 2.75) is 11.4 Å². The molecule has 156 valence electrons. The maximum absolute atomic E-state index is 12.2. The highest BCUT2D eigenvalue weighted by molar-refractivity contribution is 7.89. The zero-order valence-corrected chi connectivity index (χ0v) is 16.9. The van der Waals surface area contributed by atoms with Gasteiger partial charge in [0.25, 0.3) is 0 Å². The van der Waals surface area contributed by atoms with Crippen LogP contribution in [0.3, 0.4) is 0 Å². The monoisotopic (exact) mass is 420 g/mol. The van der Waals surface area contributed by atoms with Crippen molar-refractivity contribution in [3.8, 4) is 5.75 Å². The predicted molar refractivity (Wildman–Crippen MR) is 107 cm³/mol. The number of pyridine rings is 1. The van der Waals surface area contributed by atoms with E-state index in [1.807, 2.05) is 12.1 Å². The molecule has 3 rings (SSSR count). The molecule has 2 heterocycles. The number of carbonyl (C=O) groups is 1. The van der Waals surface area contributed by atoms with Gasteiger partial charge in [0.15, 0.2) is 0 Å². The molecule has 9 nitrogen and oxygen atoms in total. The number of aromatic nitrogens is 1. The molecule has 0 radical (unpaired) electrons. The maximum atomic E-state index is 12.2. The van der Waals surface area contributed by atoms with Crippen molar-refractivity contribution in [2.75, 3.05) is 44.9 Å². The summed E-state index contributed by atoms with van der Waals surface area (Å²) in [6.07, 6.45) is 1.70. The largest absolute Gasteiger partial charge is 0.497 e. The second kappa shape index (κ2) is 9.68. The van der Waals surface area contributed by atoms with E-state index in [1.165, 1.54) is 19.2 Å². The molecule has 1 aliphatic heterocycles. The lowest BCUT2D eigenvalue weighted by molar-refractivity contribution is -0.120. The van der Waals surface area contributed by atoms with E-state index in [0.29, 0.717) is 19.0 Å². The molecule has 29 heavy (non-hydrogen) atoms. The van der Waals surface area contributed by atoms with Crippen LogP contribution in [-0.2, 0) is 26.1 Å². The van der Waals surface area contributed by atoms with E-state index in [1.54, 1.807) is 18.3 Å². The van der Waals surface area contributed by atoms with Crippen molar-refractivity contribution in [3.05, 3.63) is 48.2 Å². The zero-order valence-electron chi connectivity index (χ0n) is 16.1. The number of amides is 1. The molecule has 0 unspecified atom stereocenters. The van der Waals surface area contributed by atoms with Crippen LogP contribution in [-0.4, -0.2) is 59.3 Å².